The molecule has 0 aromatic heterocycles. The summed E-state index contributed by atoms with van der Waals surface area (Å²) in [6.45, 7) is 1.96. The quantitative estimate of drug-likeness (QED) is 0.498. The molecule has 0 saturated carbocycles. The lowest BCUT2D eigenvalue weighted by Gasteiger charge is -2.15. The molecule has 0 saturated heterocycles. The van der Waals surface area contributed by atoms with Crippen LogP contribution in [0.1, 0.15) is 15.9 Å². The van der Waals surface area contributed by atoms with Crippen molar-refractivity contribution in [3.8, 4) is 0 Å². The largest absolute Gasteiger partial charge is 0.350 e. The van der Waals surface area contributed by atoms with Gasteiger partial charge >= 0.3 is 0 Å². The third-order valence-corrected chi connectivity index (χ3v) is 5.38. The molecule has 0 bridgehead atoms. The standard InChI is InChI=1S/C24H17Cl2N3O3/c1-14-8-10-17(11-9-14)28-22(30)15-4-2-6-18(12-15)27-21-20(26)23(31)29(24(21)32)19-7-3-5-16(25)13-19/h2-13,27H,1H3,(H,28,30). The highest BCUT2D eigenvalue weighted by Gasteiger charge is 2.39. The summed E-state index contributed by atoms with van der Waals surface area (Å²) in [6, 6.07) is 20.3. The van der Waals surface area contributed by atoms with Crippen molar-refractivity contribution in [3.63, 3.8) is 0 Å². The van der Waals surface area contributed by atoms with Gasteiger partial charge in [0.05, 0.1) is 5.69 Å². The van der Waals surface area contributed by atoms with Gasteiger partial charge in [0.25, 0.3) is 17.7 Å². The first-order valence-electron chi connectivity index (χ1n) is 9.63. The van der Waals surface area contributed by atoms with Gasteiger partial charge in [-0.25, -0.2) is 4.90 Å². The minimum atomic E-state index is -0.658. The Labute approximate surface area is 194 Å². The number of benzene rings is 3. The Balaban J connectivity index is 1.54. The number of carbonyl (C=O) groups excluding carboxylic acids is 3. The molecule has 1 aliphatic heterocycles. The Kier molecular flexibility index (Phi) is 5.99. The number of anilines is 3. The maximum Gasteiger partial charge on any atom is 0.283 e. The molecule has 3 aromatic carbocycles. The predicted octanol–water partition coefficient (Wildman–Crippen LogP) is 5.34. The molecule has 160 valence electrons. The van der Waals surface area contributed by atoms with Crippen molar-refractivity contribution >= 4 is 58.0 Å². The second-order valence-corrected chi connectivity index (χ2v) is 7.95. The number of nitrogens with zero attached hydrogens (tertiary/aromatic N) is 1. The van der Waals surface area contributed by atoms with E-state index in [2.05, 4.69) is 10.6 Å². The summed E-state index contributed by atoms with van der Waals surface area (Å²) < 4.78 is 0. The van der Waals surface area contributed by atoms with E-state index in [0.29, 0.717) is 27.6 Å². The first-order valence-corrected chi connectivity index (χ1v) is 10.4. The highest BCUT2D eigenvalue weighted by molar-refractivity contribution is 6.53. The van der Waals surface area contributed by atoms with Crippen molar-refractivity contribution in [1.29, 1.82) is 0 Å². The van der Waals surface area contributed by atoms with E-state index in [0.717, 1.165) is 10.5 Å². The molecular formula is C24H17Cl2N3O3. The molecule has 8 heteroatoms. The molecule has 0 radical (unpaired) electrons. The summed E-state index contributed by atoms with van der Waals surface area (Å²) in [7, 11) is 0. The van der Waals surface area contributed by atoms with Crippen LogP contribution >= 0.6 is 23.2 Å². The van der Waals surface area contributed by atoms with E-state index >= 15 is 0 Å². The van der Waals surface area contributed by atoms with Crippen molar-refractivity contribution in [3.05, 3.63) is 99.7 Å². The van der Waals surface area contributed by atoms with Crippen molar-refractivity contribution < 1.29 is 14.4 Å². The lowest BCUT2D eigenvalue weighted by atomic mass is 10.1. The van der Waals surface area contributed by atoms with Gasteiger partial charge in [0.2, 0.25) is 0 Å². The van der Waals surface area contributed by atoms with Gasteiger partial charge in [0.1, 0.15) is 10.7 Å². The van der Waals surface area contributed by atoms with E-state index in [1.165, 1.54) is 6.07 Å². The van der Waals surface area contributed by atoms with Crippen molar-refractivity contribution in [2.75, 3.05) is 15.5 Å². The molecule has 0 fully saturated rings. The Bertz CT molecular complexity index is 1270. The van der Waals surface area contributed by atoms with E-state index in [4.69, 9.17) is 23.2 Å². The Hall–Kier alpha value is -3.61. The summed E-state index contributed by atoms with van der Waals surface area (Å²) >= 11 is 12.2. The molecule has 2 N–H and O–H groups in total. The van der Waals surface area contributed by atoms with E-state index in [9.17, 15) is 14.4 Å². The zero-order chi connectivity index (χ0) is 22.8. The summed E-state index contributed by atoms with van der Waals surface area (Å²) in [6.07, 6.45) is 0. The Morgan fingerprint density at radius 2 is 1.56 bits per heavy atom. The van der Waals surface area contributed by atoms with Gasteiger partial charge in [0, 0.05) is 22.0 Å². The van der Waals surface area contributed by atoms with Gasteiger partial charge in [-0.3, -0.25) is 14.4 Å². The first-order chi connectivity index (χ1) is 15.3. The fourth-order valence-corrected chi connectivity index (χ4v) is 3.58. The maximum atomic E-state index is 12.9. The summed E-state index contributed by atoms with van der Waals surface area (Å²) in [4.78, 5) is 39.1. The number of imide groups is 1. The third kappa shape index (κ3) is 4.37. The Morgan fingerprint density at radius 1 is 0.844 bits per heavy atom. The molecule has 0 atom stereocenters. The van der Waals surface area contributed by atoms with Crippen molar-refractivity contribution in [2.45, 2.75) is 6.92 Å². The number of hydrogen-bond acceptors (Lipinski definition) is 4. The molecule has 3 aromatic rings. The molecule has 1 heterocycles. The van der Waals surface area contributed by atoms with E-state index in [1.807, 2.05) is 31.2 Å². The number of hydrogen-bond donors (Lipinski definition) is 2. The monoisotopic (exact) mass is 465 g/mol. The molecule has 4 rings (SSSR count). The van der Waals surface area contributed by atoms with Crippen LogP contribution in [0.3, 0.4) is 0 Å². The van der Waals surface area contributed by atoms with Gasteiger partial charge in [-0.2, -0.15) is 0 Å². The average molecular weight is 466 g/mol. The van der Waals surface area contributed by atoms with Gasteiger partial charge < -0.3 is 10.6 Å². The number of carbonyl (C=O) groups is 3. The van der Waals surface area contributed by atoms with Crippen LogP contribution in [0.15, 0.2) is 83.5 Å². The van der Waals surface area contributed by atoms with E-state index in [1.54, 1.807) is 42.5 Å². The van der Waals surface area contributed by atoms with E-state index < -0.39 is 11.8 Å². The van der Waals surface area contributed by atoms with Gasteiger partial charge in [-0.05, 0) is 55.5 Å². The predicted molar refractivity (Wildman–Crippen MR) is 126 cm³/mol. The fraction of sp³-hybridized carbons (Fsp3) is 0.0417. The second kappa shape index (κ2) is 8.86. The first kappa shape index (κ1) is 21.6. The maximum absolute atomic E-state index is 12.9. The lowest BCUT2D eigenvalue weighted by Crippen LogP contribution is -2.32. The van der Waals surface area contributed by atoms with Crippen LogP contribution in [-0.2, 0) is 9.59 Å². The lowest BCUT2D eigenvalue weighted by molar-refractivity contribution is -0.120. The normalized spacial score (nSPS) is 13.5. The minimum Gasteiger partial charge on any atom is -0.350 e. The molecule has 6 nitrogen and oxygen atoms in total. The second-order valence-electron chi connectivity index (χ2n) is 7.14. The van der Waals surface area contributed by atoms with Gasteiger partial charge in [-0.15, -0.1) is 0 Å². The molecular weight excluding hydrogens is 449 g/mol. The summed E-state index contributed by atoms with van der Waals surface area (Å²) in [5, 5.41) is 5.83. The third-order valence-electron chi connectivity index (χ3n) is 4.80. The molecule has 0 unspecified atom stereocenters. The summed E-state index contributed by atoms with van der Waals surface area (Å²) in [5.41, 5.74) is 2.79. The number of halogens is 2. The van der Waals surface area contributed by atoms with E-state index in [-0.39, 0.29) is 16.6 Å². The van der Waals surface area contributed by atoms with Gasteiger partial charge in [0.15, 0.2) is 0 Å². The fourth-order valence-electron chi connectivity index (χ4n) is 3.18. The van der Waals surface area contributed by atoms with Crippen LogP contribution in [0.4, 0.5) is 17.1 Å². The number of aryl methyl sites for hydroxylation is 1. The topological polar surface area (TPSA) is 78.5 Å². The van der Waals surface area contributed by atoms with Crippen LogP contribution in [-0.4, -0.2) is 17.7 Å². The minimum absolute atomic E-state index is 0.0762. The highest BCUT2D eigenvalue weighted by atomic mass is 35.5. The zero-order valence-electron chi connectivity index (χ0n) is 16.9. The van der Waals surface area contributed by atoms with Crippen molar-refractivity contribution in [2.24, 2.45) is 0 Å². The van der Waals surface area contributed by atoms with Crippen LogP contribution in [0.5, 0.6) is 0 Å². The van der Waals surface area contributed by atoms with Gasteiger partial charge in [-0.1, -0.05) is 53.0 Å². The van der Waals surface area contributed by atoms with Crippen molar-refractivity contribution in [1.82, 2.24) is 0 Å². The van der Waals surface area contributed by atoms with Crippen LogP contribution < -0.4 is 15.5 Å². The zero-order valence-corrected chi connectivity index (χ0v) is 18.4. The molecule has 0 aliphatic carbocycles. The molecule has 0 spiro atoms. The molecule has 1 aliphatic rings. The highest BCUT2D eigenvalue weighted by Crippen LogP contribution is 2.31. The van der Waals surface area contributed by atoms with Crippen LogP contribution in [0, 0.1) is 6.92 Å². The number of amides is 3. The smallest absolute Gasteiger partial charge is 0.283 e. The van der Waals surface area contributed by atoms with Crippen LogP contribution in [0.2, 0.25) is 5.02 Å². The number of nitrogens with one attached hydrogen (secondary N) is 2. The Morgan fingerprint density at radius 3 is 2.28 bits per heavy atom. The average Bonchev–Trinajstić information content (AvgIpc) is 2.98. The number of rotatable bonds is 5. The van der Waals surface area contributed by atoms with Crippen LogP contribution in [0.25, 0.3) is 0 Å². The molecule has 3 amide bonds. The summed E-state index contributed by atoms with van der Waals surface area (Å²) in [5.74, 6) is -1.58. The molecule has 32 heavy (non-hydrogen) atoms. The SMILES string of the molecule is Cc1ccc(NC(=O)c2cccc(NC3=C(Cl)C(=O)N(c4cccc(Cl)c4)C3=O)c2)cc1.